The molecule has 3 rings (SSSR count). The summed E-state index contributed by atoms with van der Waals surface area (Å²) in [6, 6.07) is 7.18. The zero-order valence-electron chi connectivity index (χ0n) is 15.5. The van der Waals surface area contributed by atoms with E-state index >= 15 is 0 Å². The second-order valence-electron chi connectivity index (χ2n) is 6.33. The number of H-pyrrole nitrogens is 1. The van der Waals surface area contributed by atoms with Gasteiger partial charge in [0, 0.05) is 30.1 Å². The maximum atomic E-state index is 12.7. The molecule has 0 aliphatic rings. The van der Waals surface area contributed by atoms with Crippen molar-refractivity contribution in [2.24, 2.45) is 0 Å². The maximum absolute atomic E-state index is 12.7. The first-order chi connectivity index (χ1) is 12.3. The molecule has 8 heteroatoms. The molecule has 2 N–H and O–H groups in total. The topological polar surface area (TPSA) is 86.8 Å². The lowest BCUT2D eigenvalue weighted by molar-refractivity contribution is 0.0939. The number of aromatic amines is 1. The minimum atomic E-state index is -0.151. The van der Waals surface area contributed by atoms with E-state index in [2.05, 4.69) is 25.5 Å². The fourth-order valence-electron chi connectivity index (χ4n) is 2.68. The van der Waals surface area contributed by atoms with Crippen LogP contribution < -0.4 is 10.2 Å². The van der Waals surface area contributed by atoms with Crippen molar-refractivity contribution < 1.29 is 4.79 Å². The number of aryl methyl sites for hydroxylation is 2. The summed E-state index contributed by atoms with van der Waals surface area (Å²) in [7, 11) is 3.75. The van der Waals surface area contributed by atoms with Gasteiger partial charge < -0.3 is 10.2 Å². The van der Waals surface area contributed by atoms with E-state index in [1.165, 1.54) is 0 Å². The molecule has 2 aromatic heterocycles. The van der Waals surface area contributed by atoms with Gasteiger partial charge in [-0.25, -0.2) is 4.98 Å². The SMILES string of the molecule is Cc1nc([C@H](C)NC(=O)c2cccc(-c3nc(N(C)C)n[nH]3)c2)c(C)s1. The normalized spacial score (nSPS) is 12.0. The van der Waals surface area contributed by atoms with Crippen LogP contribution in [0, 0.1) is 13.8 Å². The highest BCUT2D eigenvalue weighted by Crippen LogP contribution is 2.23. The molecular weight excluding hydrogens is 348 g/mol. The molecule has 7 nitrogen and oxygen atoms in total. The molecule has 0 aliphatic carbocycles. The Morgan fingerprint density at radius 3 is 2.65 bits per heavy atom. The number of carbonyl (C=O) groups excluding carboxylic acids is 1. The van der Waals surface area contributed by atoms with Crippen LogP contribution in [-0.4, -0.2) is 40.2 Å². The van der Waals surface area contributed by atoms with Gasteiger partial charge in [0.1, 0.15) is 0 Å². The highest BCUT2D eigenvalue weighted by molar-refractivity contribution is 7.11. The number of carbonyl (C=O) groups is 1. The number of nitrogens with zero attached hydrogens (tertiary/aromatic N) is 4. The Labute approximate surface area is 156 Å². The predicted molar refractivity (Wildman–Crippen MR) is 104 cm³/mol. The van der Waals surface area contributed by atoms with E-state index in [1.54, 1.807) is 23.5 Å². The second-order valence-corrected chi connectivity index (χ2v) is 7.74. The third-order valence-corrected chi connectivity index (χ3v) is 4.87. The molecule has 2 heterocycles. The van der Waals surface area contributed by atoms with Crippen LogP contribution in [0.5, 0.6) is 0 Å². The third kappa shape index (κ3) is 3.75. The molecule has 0 aliphatic heterocycles. The number of nitrogens with one attached hydrogen (secondary N) is 2. The minimum Gasteiger partial charge on any atom is -0.346 e. The molecular formula is C18H22N6OS. The molecule has 26 heavy (non-hydrogen) atoms. The fourth-order valence-corrected chi connectivity index (χ4v) is 3.60. The molecule has 0 bridgehead atoms. The summed E-state index contributed by atoms with van der Waals surface area (Å²) in [5.74, 6) is 1.08. The molecule has 0 saturated carbocycles. The Morgan fingerprint density at radius 1 is 1.27 bits per heavy atom. The number of benzene rings is 1. The van der Waals surface area contributed by atoms with Gasteiger partial charge in [0.25, 0.3) is 5.91 Å². The largest absolute Gasteiger partial charge is 0.346 e. The molecule has 136 valence electrons. The monoisotopic (exact) mass is 370 g/mol. The van der Waals surface area contributed by atoms with Gasteiger partial charge in [-0.05, 0) is 32.9 Å². The lowest BCUT2D eigenvalue weighted by Crippen LogP contribution is -2.27. The molecule has 0 spiro atoms. The molecule has 0 radical (unpaired) electrons. The van der Waals surface area contributed by atoms with E-state index in [1.807, 2.05) is 51.9 Å². The number of rotatable bonds is 5. The van der Waals surface area contributed by atoms with Gasteiger partial charge in [-0.2, -0.15) is 4.98 Å². The van der Waals surface area contributed by atoms with Crippen molar-refractivity contribution in [2.45, 2.75) is 26.8 Å². The summed E-state index contributed by atoms with van der Waals surface area (Å²) in [6.45, 7) is 5.94. The van der Waals surface area contributed by atoms with Crippen LogP contribution >= 0.6 is 11.3 Å². The molecule has 1 aromatic carbocycles. The molecule has 1 amide bonds. The highest BCUT2D eigenvalue weighted by Gasteiger charge is 2.17. The average Bonchev–Trinajstić information content (AvgIpc) is 3.21. The zero-order valence-corrected chi connectivity index (χ0v) is 16.3. The number of hydrogen-bond donors (Lipinski definition) is 2. The number of aromatic nitrogens is 4. The van der Waals surface area contributed by atoms with Crippen molar-refractivity contribution in [1.82, 2.24) is 25.5 Å². The Bertz CT molecular complexity index is 929. The summed E-state index contributed by atoms with van der Waals surface area (Å²) in [4.78, 5) is 24.5. The molecule has 1 atom stereocenters. The van der Waals surface area contributed by atoms with Gasteiger partial charge in [0.2, 0.25) is 5.95 Å². The number of anilines is 1. The fraction of sp³-hybridized carbons (Fsp3) is 0.333. The van der Waals surface area contributed by atoms with E-state index in [0.29, 0.717) is 17.3 Å². The van der Waals surface area contributed by atoms with E-state index in [4.69, 9.17) is 0 Å². The zero-order chi connectivity index (χ0) is 18.8. The summed E-state index contributed by atoms with van der Waals surface area (Å²) in [6.07, 6.45) is 0. The smallest absolute Gasteiger partial charge is 0.251 e. The van der Waals surface area contributed by atoms with Crippen molar-refractivity contribution in [3.63, 3.8) is 0 Å². The molecule has 3 aromatic rings. The van der Waals surface area contributed by atoms with Crippen LogP contribution in [0.2, 0.25) is 0 Å². The first-order valence-corrected chi connectivity index (χ1v) is 9.11. The number of hydrogen-bond acceptors (Lipinski definition) is 6. The second kappa shape index (κ2) is 7.25. The lowest BCUT2D eigenvalue weighted by Gasteiger charge is -2.13. The summed E-state index contributed by atoms with van der Waals surface area (Å²) >= 11 is 1.64. The predicted octanol–water partition coefficient (Wildman–Crippen LogP) is 3.10. The van der Waals surface area contributed by atoms with Crippen molar-refractivity contribution in [2.75, 3.05) is 19.0 Å². The highest BCUT2D eigenvalue weighted by atomic mass is 32.1. The van der Waals surface area contributed by atoms with E-state index in [9.17, 15) is 4.79 Å². The summed E-state index contributed by atoms with van der Waals surface area (Å²) < 4.78 is 0. The third-order valence-electron chi connectivity index (χ3n) is 3.97. The summed E-state index contributed by atoms with van der Waals surface area (Å²) in [5.41, 5.74) is 2.30. The molecule has 0 saturated heterocycles. The first kappa shape index (κ1) is 18.1. The van der Waals surface area contributed by atoms with E-state index in [0.717, 1.165) is 21.1 Å². The quantitative estimate of drug-likeness (QED) is 0.721. The van der Waals surface area contributed by atoms with Crippen LogP contribution in [0.1, 0.15) is 38.9 Å². The van der Waals surface area contributed by atoms with Crippen LogP contribution in [0.3, 0.4) is 0 Å². The van der Waals surface area contributed by atoms with Gasteiger partial charge in [-0.3, -0.25) is 9.89 Å². The van der Waals surface area contributed by atoms with Crippen LogP contribution in [0.25, 0.3) is 11.4 Å². The molecule has 0 unspecified atom stereocenters. The van der Waals surface area contributed by atoms with Crippen LogP contribution in [-0.2, 0) is 0 Å². The van der Waals surface area contributed by atoms with Crippen LogP contribution in [0.15, 0.2) is 24.3 Å². The van der Waals surface area contributed by atoms with Gasteiger partial charge >= 0.3 is 0 Å². The number of thiazole rings is 1. The van der Waals surface area contributed by atoms with Gasteiger partial charge in [-0.1, -0.05) is 12.1 Å². The van der Waals surface area contributed by atoms with E-state index in [-0.39, 0.29) is 11.9 Å². The van der Waals surface area contributed by atoms with Gasteiger partial charge in [-0.15, -0.1) is 16.4 Å². The lowest BCUT2D eigenvalue weighted by atomic mass is 10.1. The van der Waals surface area contributed by atoms with Crippen molar-refractivity contribution >= 4 is 23.2 Å². The minimum absolute atomic E-state index is 0.142. The molecule has 0 fully saturated rings. The van der Waals surface area contributed by atoms with Crippen LogP contribution in [0.4, 0.5) is 5.95 Å². The maximum Gasteiger partial charge on any atom is 0.251 e. The average molecular weight is 370 g/mol. The van der Waals surface area contributed by atoms with Gasteiger partial charge in [0.05, 0.1) is 16.7 Å². The van der Waals surface area contributed by atoms with Crippen molar-refractivity contribution in [3.05, 3.63) is 45.4 Å². The number of amides is 1. The Balaban J connectivity index is 1.78. The first-order valence-electron chi connectivity index (χ1n) is 8.30. The summed E-state index contributed by atoms with van der Waals surface area (Å²) in [5, 5.41) is 11.1. The Hall–Kier alpha value is -2.74. The van der Waals surface area contributed by atoms with Gasteiger partial charge in [0.15, 0.2) is 5.82 Å². The van der Waals surface area contributed by atoms with Crippen molar-refractivity contribution in [3.8, 4) is 11.4 Å². The Morgan fingerprint density at radius 2 is 2.04 bits per heavy atom. The Kier molecular flexibility index (Phi) is 5.03. The standard InChI is InChI=1S/C18H22N6OS/c1-10(15-11(2)26-12(3)20-15)19-17(25)14-8-6-7-13(9-14)16-21-18(23-22-16)24(4)5/h6-10H,1-5H3,(H,19,25)(H,21,22,23)/t10-/m0/s1. The van der Waals surface area contributed by atoms with E-state index < -0.39 is 0 Å². The van der Waals surface area contributed by atoms with Crippen molar-refractivity contribution in [1.29, 1.82) is 0 Å².